The molecule has 4 nitrogen and oxygen atoms in total. The molecule has 0 rings (SSSR count). The van der Waals surface area contributed by atoms with Gasteiger partial charge in [0.1, 0.15) is 12.2 Å². The Kier molecular flexibility index (Phi) is 3.37. The number of hydrogen-bond acceptors (Lipinski definition) is 4. The second-order valence-electron chi connectivity index (χ2n) is 1.81. The summed E-state index contributed by atoms with van der Waals surface area (Å²) >= 11 is 0. The van der Waals surface area contributed by atoms with Gasteiger partial charge in [0.25, 0.3) is 0 Å². The fraction of sp³-hybridized carbons (Fsp3) is 0.800. The molecule has 0 aromatic carbocycles. The fourth-order valence-corrected chi connectivity index (χ4v) is 0.371. The molecule has 0 aliphatic carbocycles. The molecule has 3 N–H and O–H groups in total. The molecule has 0 aromatic rings. The third-order valence-electron chi connectivity index (χ3n) is 0.968. The largest absolute Gasteiger partial charge is 0.394 e. The molecule has 0 amide bonds. The maximum Gasteiger partial charge on any atom is 0.160 e. The van der Waals surface area contributed by atoms with E-state index < -0.39 is 24.6 Å². The first-order valence-corrected chi connectivity index (χ1v) is 2.57. The molecule has 0 aliphatic rings. The smallest absolute Gasteiger partial charge is 0.160 e. The van der Waals surface area contributed by atoms with Gasteiger partial charge in [0.05, 0.1) is 6.61 Å². The van der Waals surface area contributed by atoms with Gasteiger partial charge in [0.2, 0.25) is 0 Å². The van der Waals surface area contributed by atoms with Crippen LogP contribution in [0.25, 0.3) is 0 Å². The summed E-state index contributed by atoms with van der Waals surface area (Å²) in [6, 6.07) is 0. The summed E-state index contributed by atoms with van der Waals surface area (Å²) in [5, 5.41) is 25.4. The summed E-state index contributed by atoms with van der Waals surface area (Å²) < 4.78 is 0. The van der Waals surface area contributed by atoms with Crippen molar-refractivity contribution in [1.82, 2.24) is 0 Å². The van der Waals surface area contributed by atoms with Gasteiger partial charge in [0.15, 0.2) is 5.78 Å². The second-order valence-corrected chi connectivity index (χ2v) is 1.81. The van der Waals surface area contributed by atoms with Gasteiger partial charge in [-0.2, -0.15) is 0 Å². The first kappa shape index (κ1) is 8.55. The standard InChI is InChI=1S/C5H10O4/c1-3(7)5(9)4(8)2-6/h4-6,8-9H,2H2,1H3/t4-,5-/m1/s1. The number of hydrogen-bond donors (Lipinski definition) is 3. The first-order chi connectivity index (χ1) is 4.09. The number of ketones is 1. The molecule has 0 spiro atoms. The molecule has 2 atom stereocenters. The Hall–Kier alpha value is -0.450. The number of carbonyl (C=O) groups excluding carboxylic acids is 1. The summed E-state index contributed by atoms with van der Waals surface area (Å²) in [7, 11) is 0. The Morgan fingerprint density at radius 3 is 2.11 bits per heavy atom. The molecule has 9 heavy (non-hydrogen) atoms. The molecule has 4 heteroatoms. The molecule has 0 aromatic heterocycles. The predicted molar refractivity (Wildman–Crippen MR) is 29.8 cm³/mol. The molecule has 0 saturated heterocycles. The van der Waals surface area contributed by atoms with Crippen LogP contribution < -0.4 is 0 Å². The summed E-state index contributed by atoms with van der Waals surface area (Å²) in [4.78, 5) is 10.2. The molecule has 0 radical (unpaired) electrons. The zero-order chi connectivity index (χ0) is 7.44. The van der Waals surface area contributed by atoms with Gasteiger partial charge in [-0.25, -0.2) is 0 Å². The van der Waals surface area contributed by atoms with Crippen LogP contribution in [0.2, 0.25) is 0 Å². The molecule has 0 unspecified atom stereocenters. The number of Topliss-reactive ketones (excluding diaryl/α,β-unsaturated/α-hetero) is 1. The van der Waals surface area contributed by atoms with E-state index in [1.807, 2.05) is 0 Å². The van der Waals surface area contributed by atoms with Crippen LogP contribution >= 0.6 is 0 Å². The van der Waals surface area contributed by atoms with Crippen LogP contribution in [-0.2, 0) is 4.79 Å². The molecule has 0 aliphatic heterocycles. The van der Waals surface area contributed by atoms with Crippen LogP contribution in [0.4, 0.5) is 0 Å². The van der Waals surface area contributed by atoms with Crippen LogP contribution in [0.3, 0.4) is 0 Å². The van der Waals surface area contributed by atoms with E-state index in [9.17, 15) is 4.79 Å². The maximum atomic E-state index is 10.2. The summed E-state index contributed by atoms with van der Waals surface area (Å²) in [5.74, 6) is -0.545. The lowest BCUT2D eigenvalue weighted by Gasteiger charge is -2.10. The van der Waals surface area contributed by atoms with E-state index in [0.29, 0.717) is 0 Å². The van der Waals surface area contributed by atoms with Crippen LogP contribution in [0.15, 0.2) is 0 Å². The number of rotatable bonds is 3. The predicted octanol–water partition coefficient (Wildman–Crippen LogP) is -1.71. The highest BCUT2D eigenvalue weighted by Gasteiger charge is 2.18. The van der Waals surface area contributed by atoms with Gasteiger partial charge in [-0.15, -0.1) is 0 Å². The van der Waals surface area contributed by atoms with Crippen molar-refractivity contribution in [1.29, 1.82) is 0 Å². The third-order valence-corrected chi connectivity index (χ3v) is 0.968. The monoisotopic (exact) mass is 134 g/mol. The normalized spacial score (nSPS) is 16.9. The molecular weight excluding hydrogens is 124 g/mol. The highest BCUT2D eigenvalue weighted by atomic mass is 16.4. The maximum absolute atomic E-state index is 10.2. The van der Waals surface area contributed by atoms with Gasteiger partial charge >= 0.3 is 0 Å². The minimum atomic E-state index is -1.45. The Labute approximate surface area is 52.7 Å². The van der Waals surface area contributed by atoms with Crippen molar-refractivity contribution >= 4 is 5.78 Å². The quantitative estimate of drug-likeness (QED) is 0.429. The van der Waals surface area contributed by atoms with E-state index in [1.165, 1.54) is 0 Å². The highest BCUT2D eigenvalue weighted by Crippen LogP contribution is 1.92. The van der Waals surface area contributed by atoms with Crippen LogP contribution in [0.1, 0.15) is 6.92 Å². The number of carbonyl (C=O) groups is 1. The van der Waals surface area contributed by atoms with E-state index in [4.69, 9.17) is 15.3 Å². The third kappa shape index (κ3) is 2.55. The van der Waals surface area contributed by atoms with Gasteiger partial charge < -0.3 is 15.3 Å². The van der Waals surface area contributed by atoms with Gasteiger partial charge in [0, 0.05) is 0 Å². The Bertz CT molecular complexity index is 101. The van der Waals surface area contributed by atoms with Crippen LogP contribution in [0.5, 0.6) is 0 Å². The minimum Gasteiger partial charge on any atom is -0.394 e. The topological polar surface area (TPSA) is 77.8 Å². The molecule has 0 saturated carbocycles. The van der Waals surface area contributed by atoms with Crippen molar-refractivity contribution in [3.63, 3.8) is 0 Å². The molecule has 0 bridgehead atoms. The van der Waals surface area contributed by atoms with E-state index in [2.05, 4.69) is 0 Å². The summed E-state index contributed by atoms with van der Waals surface area (Å²) in [5.41, 5.74) is 0. The summed E-state index contributed by atoms with van der Waals surface area (Å²) in [6.07, 6.45) is -2.79. The van der Waals surface area contributed by atoms with Gasteiger partial charge in [-0.3, -0.25) is 4.79 Å². The van der Waals surface area contributed by atoms with Crippen LogP contribution in [0, 0.1) is 0 Å². The van der Waals surface area contributed by atoms with Crippen molar-refractivity contribution in [2.75, 3.05) is 6.61 Å². The lowest BCUT2D eigenvalue weighted by Crippen LogP contribution is -2.34. The Balaban J connectivity index is 3.72. The average Bonchev–Trinajstić information content (AvgIpc) is 1.84. The number of aliphatic hydroxyl groups excluding tert-OH is 3. The minimum absolute atomic E-state index is 0.545. The molecule has 0 fully saturated rings. The van der Waals surface area contributed by atoms with Gasteiger partial charge in [-0.05, 0) is 6.92 Å². The van der Waals surface area contributed by atoms with E-state index >= 15 is 0 Å². The lowest BCUT2D eigenvalue weighted by molar-refractivity contribution is -0.132. The Morgan fingerprint density at radius 1 is 1.56 bits per heavy atom. The zero-order valence-electron chi connectivity index (χ0n) is 5.11. The van der Waals surface area contributed by atoms with E-state index in [1.54, 1.807) is 0 Å². The number of aliphatic hydroxyl groups is 3. The first-order valence-electron chi connectivity index (χ1n) is 2.57. The molecule has 0 heterocycles. The lowest BCUT2D eigenvalue weighted by atomic mass is 10.1. The average molecular weight is 134 g/mol. The van der Waals surface area contributed by atoms with E-state index in [0.717, 1.165) is 6.92 Å². The Morgan fingerprint density at radius 2 is 2.00 bits per heavy atom. The SMILES string of the molecule is CC(=O)[C@@H](O)[C@H](O)CO. The van der Waals surface area contributed by atoms with Crippen molar-refractivity contribution in [3.05, 3.63) is 0 Å². The van der Waals surface area contributed by atoms with Gasteiger partial charge in [-0.1, -0.05) is 0 Å². The van der Waals surface area contributed by atoms with Crippen molar-refractivity contribution in [2.24, 2.45) is 0 Å². The van der Waals surface area contributed by atoms with Crippen molar-refractivity contribution in [3.8, 4) is 0 Å². The molecular formula is C5H10O4. The molecule has 54 valence electrons. The van der Waals surface area contributed by atoms with E-state index in [-0.39, 0.29) is 0 Å². The second kappa shape index (κ2) is 3.55. The fourth-order valence-electron chi connectivity index (χ4n) is 0.371. The zero-order valence-corrected chi connectivity index (χ0v) is 5.11. The highest BCUT2D eigenvalue weighted by molar-refractivity contribution is 5.80. The van der Waals surface area contributed by atoms with Crippen LogP contribution in [-0.4, -0.2) is 39.9 Å². The van der Waals surface area contributed by atoms with Crippen molar-refractivity contribution in [2.45, 2.75) is 19.1 Å². The summed E-state index contributed by atoms with van der Waals surface area (Å²) in [6.45, 7) is 0.546. The van der Waals surface area contributed by atoms with Crippen molar-refractivity contribution < 1.29 is 20.1 Å².